The zero-order valence-electron chi connectivity index (χ0n) is 13.2. The number of carbonyl (C=O) groups is 1. The third-order valence-corrected chi connectivity index (χ3v) is 5.25. The number of nitrogens with one attached hydrogen (secondary N) is 1. The van der Waals surface area contributed by atoms with E-state index in [0.717, 1.165) is 33.3 Å². The molecule has 25 heavy (non-hydrogen) atoms. The van der Waals surface area contributed by atoms with Crippen LogP contribution >= 0.6 is 11.3 Å². The molecule has 0 spiro atoms. The molecule has 0 radical (unpaired) electrons. The van der Waals surface area contributed by atoms with Crippen LogP contribution in [0.4, 0.5) is 0 Å². The van der Waals surface area contributed by atoms with E-state index in [4.69, 9.17) is 5.11 Å². The fraction of sp³-hybridized carbons (Fsp3) is 0.0556. The van der Waals surface area contributed by atoms with E-state index in [9.17, 15) is 9.59 Å². The smallest absolute Gasteiger partial charge is 0.343 e. The topological polar surface area (TPSA) is 87.5 Å². The van der Waals surface area contributed by atoms with Crippen molar-refractivity contribution in [3.05, 3.63) is 69.6 Å². The van der Waals surface area contributed by atoms with E-state index >= 15 is 0 Å². The van der Waals surface area contributed by atoms with Gasteiger partial charge in [-0.05, 0) is 29.0 Å². The molecule has 2 N–H and O–H groups in total. The highest BCUT2D eigenvalue weighted by molar-refractivity contribution is 7.14. The third-order valence-electron chi connectivity index (χ3n) is 4.14. The Hall–Kier alpha value is -3.19. The minimum Gasteiger partial charge on any atom is -0.477 e. The summed E-state index contributed by atoms with van der Waals surface area (Å²) in [6.45, 7) is 2.03. The molecule has 1 aromatic carbocycles. The first-order valence-corrected chi connectivity index (χ1v) is 8.42. The normalized spacial score (nSPS) is 11.1. The maximum absolute atomic E-state index is 12.2. The fourth-order valence-corrected chi connectivity index (χ4v) is 3.97. The van der Waals surface area contributed by atoms with Crippen LogP contribution in [0.1, 0.15) is 15.9 Å². The first-order valence-electron chi connectivity index (χ1n) is 7.54. The summed E-state index contributed by atoms with van der Waals surface area (Å²) in [4.78, 5) is 28.5. The van der Waals surface area contributed by atoms with Gasteiger partial charge in [-0.15, -0.1) is 11.3 Å². The molecule has 4 aromatic rings. The van der Waals surface area contributed by atoms with Crippen LogP contribution in [0.2, 0.25) is 0 Å². The molecule has 0 fully saturated rings. The number of thiophene rings is 1. The number of carboxylic acids is 1. The highest BCUT2D eigenvalue weighted by Gasteiger charge is 2.18. The van der Waals surface area contributed by atoms with E-state index < -0.39 is 11.5 Å². The second-order valence-electron chi connectivity index (χ2n) is 5.60. The van der Waals surface area contributed by atoms with E-state index in [1.807, 2.05) is 25.1 Å². The van der Waals surface area contributed by atoms with Gasteiger partial charge in [0.25, 0.3) is 5.56 Å². The predicted octanol–water partition coefficient (Wildman–Crippen LogP) is 3.42. The highest BCUT2D eigenvalue weighted by atomic mass is 32.1. The molecule has 124 valence electrons. The van der Waals surface area contributed by atoms with Crippen molar-refractivity contribution in [3.8, 4) is 21.6 Å². The van der Waals surface area contributed by atoms with Crippen LogP contribution in [0.25, 0.3) is 27.2 Å². The number of aromatic nitrogens is 3. The molecule has 0 saturated carbocycles. The molecule has 0 aliphatic heterocycles. The molecule has 7 heteroatoms. The second kappa shape index (κ2) is 5.71. The van der Waals surface area contributed by atoms with Crippen molar-refractivity contribution >= 4 is 23.0 Å². The van der Waals surface area contributed by atoms with Gasteiger partial charge in [-0.3, -0.25) is 9.89 Å². The van der Waals surface area contributed by atoms with Gasteiger partial charge in [0.05, 0.1) is 5.56 Å². The van der Waals surface area contributed by atoms with Crippen LogP contribution in [0.5, 0.6) is 0 Å². The van der Waals surface area contributed by atoms with Crippen LogP contribution in [0, 0.1) is 6.92 Å². The minimum atomic E-state index is -1.29. The first-order chi connectivity index (χ1) is 12.1. The quantitative estimate of drug-likeness (QED) is 0.592. The molecular weight excluding hydrogens is 338 g/mol. The average molecular weight is 351 g/mol. The van der Waals surface area contributed by atoms with Crippen molar-refractivity contribution in [1.29, 1.82) is 0 Å². The van der Waals surface area contributed by atoms with E-state index in [1.54, 1.807) is 17.5 Å². The lowest BCUT2D eigenvalue weighted by molar-refractivity contribution is 0.0694. The first kappa shape index (κ1) is 15.3. The Morgan fingerprint density at radius 2 is 2.00 bits per heavy atom. The SMILES string of the molecule is Cc1c(-c2ccccc2)csc1-c1c[nH]n2c(=O)c(C(=O)O)cnc12. The van der Waals surface area contributed by atoms with Crippen molar-refractivity contribution in [3.63, 3.8) is 0 Å². The fourth-order valence-electron chi connectivity index (χ4n) is 2.86. The molecule has 4 rings (SSSR count). The summed E-state index contributed by atoms with van der Waals surface area (Å²) in [6.07, 6.45) is 2.79. The zero-order chi connectivity index (χ0) is 17.6. The number of carboxylic acid groups (broad SMARTS) is 1. The molecule has 3 aromatic heterocycles. The molecule has 0 bridgehead atoms. The van der Waals surface area contributed by atoms with Gasteiger partial charge in [0.15, 0.2) is 5.65 Å². The number of rotatable bonds is 3. The van der Waals surface area contributed by atoms with Crippen molar-refractivity contribution < 1.29 is 9.90 Å². The summed E-state index contributed by atoms with van der Waals surface area (Å²) < 4.78 is 1.17. The average Bonchev–Trinajstić information content (AvgIpc) is 3.19. The van der Waals surface area contributed by atoms with Gasteiger partial charge in [0.2, 0.25) is 0 Å². The molecule has 0 aliphatic carbocycles. The Bertz CT molecular complexity index is 1160. The number of aromatic carboxylic acids is 1. The number of hydrogen-bond acceptors (Lipinski definition) is 4. The lowest BCUT2D eigenvalue weighted by Gasteiger charge is -2.02. The van der Waals surface area contributed by atoms with Gasteiger partial charge in [-0.2, -0.15) is 0 Å². The number of H-pyrrole nitrogens is 1. The standard InChI is InChI=1S/C18H13N3O3S/c1-10-14(11-5-3-2-4-6-11)9-25-15(10)12-8-20-21-16(12)19-7-13(17(21)22)18(23)24/h2-9,20H,1H3,(H,23,24). The summed E-state index contributed by atoms with van der Waals surface area (Å²) in [5, 5.41) is 13.9. The Labute approximate surface area is 146 Å². The van der Waals surface area contributed by atoms with Crippen molar-refractivity contribution in [2.75, 3.05) is 0 Å². The molecule has 6 nitrogen and oxygen atoms in total. The second-order valence-corrected chi connectivity index (χ2v) is 6.48. The Kier molecular flexibility index (Phi) is 3.51. The van der Waals surface area contributed by atoms with Crippen LogP contribution in [-0.2, 0) is 0 Å². The van der Waals surface area contributed by atoms with Gasteiger partial charge in [0, 0.05) is 17.3 Å². The summed E-state index contributed by atoms with van der Waals surface area (Å²) in [7, 11) is 0. The number of fused-ring (bicyclic) bond motifs is 1. The van der Waals surface area contributed by atoms with Gasteiger partial charge < -0.3 is 5.11 Å². The summed E-state index contributed by atoms with van der Waals surface area (Å²) in [5.41, 5.74) is 3.55. The number of benzene rings is 1. The molecule has 0 unspecified atom stereocenters. The van der Waals surface area contributed by atoms with Crippen LogP contribution in [0.3, 0.4) is 0 Å². The van der Waals surface area contributed by atoms with Gasteiger partial charge >= 0.3 is 5.97 Å². The van der Waals surface area contributed by atoms with Crippen molar-refractivity contribution in [2.24, 2.45) is 0 Å². The highest BCUT2D eigenvalue weighted by Crippen LogP contribution is 2.38. The van der Waals surface area contributed by atoms with E-state index in [0.29, 0.717) is 5.65 Å². The maximum atomic E-state index is 12.2. The predicted molar refractivity (Wildman–Crippen MR) is 96.3 cm³/mol. The molecule has 0 amide bonds. The van der Waals surface area contributed by atoms with Gasteiger partial charge in [-0.1, -0.05) is 30.3 Å². The van der Waals surface area contributed by atoms with E-state index in [1.165, 1.54) is 4.52 Å². The Morgan fingerprint density at radius 3 is 2.72 bits per heavy atom. The number of nitrogens with zero attached hydrogens (tertiary/aromatic N) is 2. The molecular formula is C18H13N3O3S. The summed E-state index contributed by atoms with van der Waals surface area (Å²) in [6, 6.07) is 10.1. The third kappa shape index (κ3) is 2.36. The zero-order valence-corrected chi connectivity index (χ0v) is 14.0. The lowest BCUT2D eigenvalue weighted by Crippen LogP contribution is -2.22. The lowest BCUT2D eigenvalue weighted by atomic mass is 10.0. The van der Waals surface area contributed by atoms with Crippen molar-refractivity contribution in [1.82, 2.24) is 14.6 Å². The molecule has 0 atom stereocenters. The summed E-state index contributed by atoms with van der Waals surface area (Å²) in [5.74, 6) is -1.29. The maximum Gasteiger partial charge on any atom is 0.343 e. The van der Waals surface area contributed by atoms with E-state index in [2.05, 4.69) is 27.6 Å². The van der Waals surface area contributed by atoms with Crippen LogP contribution < -0.4 is 5.56 Å². The Balaban J connectivity index is 1.89. The van der Waals surface area contributed by atoms with Crippen molar-refractivity contribution in [2.45, 2.75) is 6.92 Å². The largest absolute Gasteiger partial charge is 0.477 e. The van der Waals surface area contributed by atoms with Crippen LogP contribution in [-0.4, -0.2) is 25.7 Å². The minimum absolute atomic E-state index is 0.362. The molecule has 0 aliphatic rings. The monoisotopic (exact) mass is 351 g/mol. The molecule has 0 saturated heterocycles. The number of aromatic amines is 1. The summed E-state index contributed by atoms with van der Waals surface area (Å²) >= 11 is 1.57. The van der Waals surface area contributed by atoms with Crippen LogP contribution in [0.15, 0.2) is 52.9 Å². The Morgan fingerprint density at radius 1 is 1.24 bits per heavy atom. The number of hydrogen-bond donors (Lipinski definition) is 2. The van der Waals surface area contributed by atoms with Gasteiger partial charge in [-0.25, -0.2) is 14.3 Å². The van der Waals surface area contributed by atoms with E-state index in [-0.39, 0.29) is 5.56 Å². The molecule has 3 heterocycles. The van der Waals surface area contributed by atoms with Gasteiger partial charge in [0.1, 0.15) is 5.56 Å².